The molecule has 0 saturated carbocycles. The fourth-order valence-electron chi connectivity index (χ4n) is 0.914. The summed E-state index contributed by atoms with van der Waals surface area (Å²) in [6, 6.07) is 3.26. The van der Waals surface area contributed by atoms with Crippen LogP contribution in [0.25, 0.3) is 0 Å². The van der Waals surface area contributed by atoms with E-state index in [-0.39, 0.29) is 6.61 Å². The van der Waals surface area contributed by atoms with Crippen molar-refractivity contribution < 1.29 is 10.2 Å². The maximum atomic E-state index is 9.40. The van der Waals surface area contributed by atoms with Gasteiger partial charge in [0, 0.05) is 19.2 Å². The molecule has 0 unspecified atom stereocenters. The molecule has 0 saturated heterocycles. The Balaban J connectivity index is 2.73. The van der Waals surface area contributed by atoms with Crippen LogP contribution in [0.1, 0.15) is 18.1 Å². The molecule has 0 fully saturated rings. The van der Waals surface area contributed by atoms with Crippen LogP contribution in [-0.4, -0.2) is 21.8 Å². The predicted molar refractivity (Wildman–Crippen MR) is 45.9 cm³/mol. The summed E-state index contributed by atoms with van der Waals surface area (Å²) >= 11 is 5.60. The number of pyridine rings is 1. The van der Waals surface area contributed by atoms with E-state index in [9.17, 15) is 5.11 Å². The Hall–Kier alpha value is -0.640. The minimum atomic E-state index is -0.657. The van der Waals surface area contributed by atoms with Gasteiger partial charge in [-0.2, -0.15) is 0 Å². The van der Waals surface area contributed by atoms with E-state index >= 15 is 0 Å². The smallest absolute Gasteiger partial charge is 0.129 e. The Morgan fingerprint density at radius 2 is 2.33 bits per heavy atom. The van der Waals surface area contributed by atoms with E-state index in [4.69, 9.17) is 16.7 Å². The molecule has 2 N–H and O–H groups in total. The van der Waals surface area contributed by atoms with E-state index < -0.39 is 6.10 Å². The van der Waals surface area contributed by atoms with Gasteiger partial charge in [0.05, 0.1) is 6.10 Å². The molecule has 0 aliphatic heterocycles. The van der Waals surface area contributed by atoms with E-state index in [1.807, 2.05) is 0 Å². The Bertz CT molecular complexity index is 255. The average Bonchev–Trinajstić information content (AvgIpc) is 2.05. The van der Waals surface area contributed by atoms with Gasteiger partial charge in [-0.05, 0) is 17.7 Å². The minimum absolute atomic E-state index is 0.0406. The lowest BCUT2D eigenvalue weighted by molar-refractivity contribution is 0.134. The van der Waals surface area contributed by atoms with E-state index in [0.717, 1.165) is 0 Å². The number of hydrogen-bond acceptors (Lipinski definition) is 3. The topological polar surface area (TPSA) is 53.4 Å². The summed E-state index contributed by atoms with van der Waals surface area (Å²) in [5, 5.41) is 18.3. The van der Waals surface area contributed by atoms with Crippen LogP contribution in [-0.2, 0) is 0 Å². The quantitative estimate of drug-likeness (QED) is 0.698. The Morgan fingerprint density at radius 1 is 1.58 bits per heavy atom. The third kappa shape index (κ3) is 2.44. The zero-order valence-corrected chi connectivity index (χ0v) is 7.20. The predicted octanol–water partition coefficient (Wildman–Crippen LogP) is 1.15. The summed E-state index contributed by atoms with van der Waals surface area (Å²) in [6.45, 7) is -0.0406. The molecule has 0 amide bonds. The van der Waals surface area contributed by atoms with Crippen molar-refractivity contribution in [2.75, 3.05) is 6.61 Å². The van der Waals surface area contributed by atoms with Gasteiger partial charge in [-0.3, -0.25) is 0 Å². The molecule has 0 bridgehead atoms. The minimum Gasteiger partial charge on any atom is -0.396 e. The first kappa shape index (κ1) is 9.45. The van der Waals surface area contributed by atoms with E-state index in [1.165, 1.54) is 6.20 Å². The van der Waals surface area contributed by atoms with Gasteiger partial charge in [0.1, 0.15) is 5.15 Å². The number of aliphatic hydroxyl groups is 2. The highest BCUT2D eigenvalue weighted by Gasteiger charge is 2.06. The summed E-state index contributed by atoms with van der Waals surface area (Å²) < 4.78 is 0. The summed E-state index contributed by atoms with van der Waals surface area (Å²) in [5.41, 5.74) is 0.684. The van der Waals surface area contributed by atoms with Crippen LogP contribution in [0.15, 0.2) is 18.3 Å². The van der Waals surface area contributed by atoms with Crippen molar-refractivity contribution in [2.24, 2.45) is 0 Å². The molecule has 1 heterocycles. The number of aromatic nitrogens is 1. The molecule has 12 heavy (non-hydrogen) atoms. The third-order valence-corrected chi connectivity index (χ3v) is 1.74. The zero-order chi connectivity index (χ0) is 8.97. The van der Waals surface area contributed by atoms with E-state index in [1.54, 1.807) is 12.1 Å². The van der Waals surface area contributed by atoms with Crippen molar-refractivity contribution >= 4 is 11.6 Å². The molecular weight excluding hydrogens is 178 g/mol. The fourth-order valence-corrected chi connectivity index (χ4v) is 1.10. The van der Waals surface area contributed by atoms with Gasteiger partial charge in [-0.15, -0.1) is 0 Å². The van der Waals surface area contributed by atoms with Gasteiger partial charge in [-0.25, -0.2) is 4.98 Å². The maximum absolute atomic E-state index is 9.40. The second kappa shape index (κ2) is 4.40. The maximum Gasteiger partial charge on any atom is 0.129 e. The Morgan fingerprint density at radius 3 is 2.92 bits per heavy atom. The monoisotopic (exact) mass is 187 g/mol. The molecule has 66 valence electrons. The number of halogens is 1. The second-order valence-corrected chi connectivity index (χ2v) is 2.83. The highest BCUT2D eigenvalue weighted by molar-refractivity contribution is 6.29. The van der Waals surface area contributed by atoms with Crippen molar-refractivity contribution in [3.63, 3.8) is 0 Å². The van der Waals surface area contributed by atoms with Crippen LogP contribution >= 0.6 is 11.6 Å². The number of aliphatic hydroxyl groups excluding tert-OH is 2. The lowest BCUT2D eigenvalue weighted by atomic mass is 10.1. The summed E-state index contributed by atoms with van der Waals surface area (Å²) in [6.07, 6.45) is 1.19. The van der Waals surface area contributed by atoms with Gasteiger partial charge in [0.2, 0.25) is 0 Å². The molecule has 0 aromatic carbocycles. The SMILES string of the molecule is OCC[C@@H](O)c1ccnc(Cl)c1. The van der Waals surface area contributed by atoms with Gasteiger partial charge in [0.15, 0.2) is 0 Å². The molecule has 1 atom stereocenters. The van der Waals surface area contributed by atoms with Gasteiger partial charge in [-0.1, -0.05) is 11.6 Å². The largest absolute Gasteiger partial charge is 0.396 e. The lowest BCUT2D eigenvalue weighted by Crippen LogP contribution is -2.00. The van der Waals surface area contributed by atoms with Crippen molar-refractivity contribution in [1.29, 1.82) is 0 Å². The normalized spacial score (nSPS) is 12.9. The van der Waals surface area contributed by atoms with Crippen molar-refractivity contribution in [3.8, 4) is 0 Å². The standard InChI is InChI=1S/C8H10ClNO2/c9-8-5-6(1-3-10-8)7(12)2-4-11/h1,3,5,7,11-12H,2,4H2/t7-/m1/s1. The van der Waals surface area contributed by atoms with Crippen LogP contribution in [0.3, 0.4) is 0 Å². The van der Waals surface area contributed by atoms with Gasteiger partial charge in [0.25, 0.3) is 0 Å². The van der Waals surface area contributed by atoms with Crippen LogP contribution in [0.5, 0.6) is 0 Å². The Labute approximate surface area is 75.6 Å². The lowest BCUT2D eigenvalue weighted by Gasteiger charge is -2.08. The van der Waals surface area contributed by atoms with Gasteiger partial charge >= 0.3 is 0 Å². The number of nitrogens with zero attached hydrogens (tertiary/aromatic N) is 1. The molecule has 1 aromatic heterocycles. The summed E-state index contributed by atoms with van der Waals surface area (Å²) in [7, 11) is 0. The summed E-state index contributed by atoms with van der Waals surface area (Å²) in [5.74, 6) is 0. The highest BCUT2D eigenvalue weighted by atomic mass is 35.5. The van der Waals surface area contributed by atoms with Crippen LogP contribution in [0, 0.1) is 0 Å². The molecular formula is C8H10ClNO2. The first-order valence-electron chi connectivity index (χ1n) is 3.64. The molecule has 0 aliphatic rings. The van der Waals surface area contributed by atoms with Crippen molar-refractivity contribution in [1.82, 2.24) is 4.98 Å². The van der Waals surface area contributed by atoms with Gasteiger partial charge < -0.3 is 10.2 Å². The molecule has 1 aromatic rings. The first-order valence-corrected chi connectivity index (χ1v) is 4.02. The van der Waals surface area contributed by atoms with E-state index in [2.05, 4.69) is 4.98 Å². The fraction of sp³-hybridized carbons (Fsp3) is 0.375. The Kier molecular flexibility index (Phi) is 3.47. The summed E-state index contributed by atoms with van der Waals surface area (Å²) in [4.78, 5) is 3.77. The molecule has 0 spiro atoms. The van der Waals surface area contributed by atoms with Crippen LogP contribution < -0.4 is 0 Å². The molecule has 4 heteroatoms. The molecule has 0 radical (unpaired) electrons. The molecule has 3 nitrogen and oxygen atoms in total. The zero-order valence-electron chi connectivity index (χ0n) is 6.44. The second-order valence-electron chi connectivity index (χ2n) is 2.44. The third-order valence-electron chi connectivity index (χ3n) is 1.54. The van der Waals surface area contributed by atoms with E-state index in [0.29, 0.717) is 17.1 Å². The highest BCUT2D eigenvalue weighted by Crippen LogP contribution is 2.17. The van der Waals surface area contributed by atoms with Crippen molar-refractivity contribution in [3.05, 3.63) is 29.0 Å². The molecule has 0 aliphatic carbocycles. The van der Waals surface area contributed by atoms with Crippen molar-refractivity contribution in [2.45, 2.75) is 12.5 Å². The van der Waals surface area contributed by atoms with Crippen LogP contribution in [0.4, 0.5) is 0 Å². The average molecular weight is 188 g/mol. The first-order chi connectivity index (χ1) is 5.74. The van der Waals surface area contributed by atoms with Crippen LogP contribution in [0.2, 0.25) is 5.15 Å². The molecule has 1 rings (SSSR count). The number of rotatable bonds is 3. The number of hydrogen-bond donors (Lipinski definition) is 2.